The molecular weight excluding hydrogens is 618 g/mol. The third kappa shape index (κ3) is 9.26. The quantitative estimate of drug-likeness (QED) is 0.149. The molecule has 0 aliphatic rings. The average molecular weight is 650 g/mol. The summed E-state index contributed by atoms with van der Waals surface area (Å²) in [7, 11) is 3.67. The second kappa shape index (κ2) is 14.3. The van der Waals surface area contributed by atoms with Gasteiger partial charge in [-0.1, -0.05) is 24.3 Å². The maximum atomic E-state index is 13.1. The fraction of sp³-hybridized carbons (Fsp3) is 0.212. The van der Waals surface area contributed by atoms with Crippen LogP contribution in [-0.4, -0.2) is 71.3 Å². The first kappa shape index (κ1) is 32.9. The van der Waals surface area contributed by atoms with E-state index in [0.717, 1.165) is 11.1 Å². The Balaban J connectivity index is 1.27. The van der Waals surface area contributed by atoms with Gasteiger partial charge in [0.25, 0.3) is 5.91 Å². The number of nitrogens with one attached hydrogen (secondary N) is 3. The summed E-state index contributed by atoms with van der Waals surface area (Å²) in [6.45, 7) is -0.709. The molecule has 2 amide bonds. The first-order valence-corrected chi connectivity index (χ1v) is 14.5. The van der Waals surface area contributed by atoms with Crippen molar-refractivity contribution in [2.24, 2.45) is 0 Å². The largest absolute Gasteiger partial charge is 0.483 e. The molecule has 2 aromatic heterocycles. The fourth-order valence-electron chi connectivity index (χ4n) is 4.53. The number of rotatable bonds is 12. The molecule has 0 radical (unpaired) electrons. The highest BCUT2D eigenvalue weighted by Crippen LogP contribution is 2.28. The standard InChI is InChI=1S/C33H31F4N7O3/c1-43(2)16-15-38-31(46)27-13-12-26(18-28(27)47-20-33(35,36)37)40-32-41-29-14-7-23(19-44(29)42-32)22-5-10-25(11-6-22)39-30(45)17-21-3-8-24(34)9-4-21/h3-14,18-19H,15-17,20H2,1-2H3,(H,38,46)(H,39,45)(H,40,42). The fourth-order valence-corrected chi connectivity index (χ4v) is 4.53. The number of ether oxygens (including phenoxy) is 1. The maximum Gasteiger partial charge on any atom is 0.422 e. The van der Waals surface area contributed by atoms with Crippen molar-refractivity contribution >= 4 is 34.8 Å². The van der Waals surface area contributed by atoms with Gasteiger partial charge in [-0.15, -0.1) is 5.10 Å². The lowest BCUT2D eigenvalue weighted by Gasteiger charge is -2.15. The number of nitrogens with zero attached hydrogens (tertiary/aromatic N) is 4. The number of aromatic nitrogens is 3. The highest BCUT2D eigenvalue weighted by Gasteiger charge is 2.29. The van der Waals surface area contributed by atoms with Gasteiger partial charge in [0.05, 0.1) is 12.0 Å². The minimum absolute atomic E-state index is 0.0374. The van der Waals surface area contributed by atoms with Crippen LogP contribution in [-0.2, 0) is 11.2 Å². The van der Waals surface area contributed by atoms with Gasteiger partial charge in [-0.3, -0.25) is 9.59 Å². The van der Waals surface area contributed by atoms with E-state index < -0.39 is 18.7 Å². The topological polar surface area (TPSA) is 113 Å². The zero-order chi connectivity index (χ0) is 33.6. The summed E-state index contributed by atoms with van der Waals surface area (Å²) < 4.78 is 58.5. The highest BCUT2D eigenvalue weighted by atomic mass is 19.4. The maximum absolute atomic E-state index is 13.1. The number of likely N-dealkylation sites (N-methyl/N-ethyl adjacent to an activating group) is 1. The minimum Gasteiger partial charge on any atom is -0.483 e. The lowest BCUT2D eigenvalue weighted by Crippen LogP contribution is -2.31. The number of benzene rings is 3. The average Bonchev–Trinajstić information content (AvgIpc) is 3.42. The van der Waals surface area contributed by atoms with Crippen LogP contribution < -0.4 is 20.7 Å². The van der Waals surface area contributed by atoms with Crippen LogP contribution in [0.5, 0.6) is 5.75 Å². The number of carbonyl (C=O) groups is 2. The molecule has 3 aromatic carbocycles. The molecule has 2 heterocycles. The number of pyridine rings is 1. The van der Waals surface area contributed by atoms with E-state index in [1.54, 1.807) is 41.0 Å². The van der Waals surface area contributed by atoms with Gasteiger partial charge in [0.15, 0.2) is 12.3 Å². The van der Waals surface area contributed by atoms with E-state index in [2.05, 4.69) is 26.0 Å². The highest BCUT2D eigenvalue weighted by molar-refractivity contribution is 5.97. The van der Waals surface area contributed by atoms with E-state index in [1.807, 2.05) is 37.2 Å². The summed E-state index contributed by atoms with van der Waals surface area (Å²) in [6, 6.07) is 20.8. The molecule has 244 valence electrons. The van der Waals surface area contributed by atoms with Crippen molar-refractivity contribution in [2.75, 3.05) is 44.4 Å². The molecule has 0 saturated carbocycles. The van der Waals surface area contributed by atoms with Crippen molar-refractivity contribution in [1.82, 2.24) is 24.8 Å². The molecule has 3 N–H and O–H groups in total. The molecule has 0 atom stereocenters. The van der Waals surface area contributed by atoms with E-state index in [1.165, 1.54) is 30.3 Å². The Kier molecular flexibility index (Phi) is 10.00. The normalized spacial score (nSPS) is 11.5. The molecule has 0 aliphatic heterocycles. The second-order valence-corrected chi connectivity index (χ2v) is 10.9. The Morgan fingerprint density at radius 3 is 2.32 bits per heavy atom. The molecule has 0 fully saturated rings. The summed E-state index contributed by atoms with van der Waals surface area (Å²) in [5, 5.41) is 12.9. The summed E-state index contributed by atoms with van der Waals surface area (Å²) in [4.78, 5) is 31.4. The number of alkyl halides is 3. The molecule has 14 heteroatoms. The molecule has 0 spiro atoms. The van der Waals surface area contributed by atoms with Crippen LogP contribution in [0.1, 0.15) is 15.9 Å². The first-order valence-electron chi connectivity index (χ1n) is 14.5. The van der Waals surface area contributed by atoms with Gasteiger partial charge in [-0.2, -0.15) is 18.2 Å². The first-order chi connectivity index (χ1) is 22.4. The molecule has 0 bridgehead atoms. The summed E-state index contributed by atoms with van der Waals surface area (Å²) >= 11 is 0. The molecule has 0 saturated heterocycles. The summed E-state index contributed by atoms with van der Waals surface area (Å²) in [6.07, 6.45) is -2.73. The zero-order valence-electron chi connectivity index (χ0n) is 25.4. The van der Waals surface area contributed by atoms with E-state index in [-0.39, 0.29) is 35.4 Å². The number of amides is 2. The smallest absolute Gasteiger partial charge is 0.422 e. The van der Waals surface area contributed by atoms with Crippen LogP contribution in [0.25, 0.3) is 16.8 Å². The molecule has 0 aliphatic carbocycles. The zero-order valence-corrected chi connectivity index (χ0v) is 25.4. The van der Waals surface area contributed by atoms with Crippen LogP contribution in [0, 0.1) is 5.82 Å². The summed E-state index contributed by atoms with van der Waals surface area (Å²) in [5.41, 5.74) is 3.74. The van der Waals surface area contributed by atoms with Crippen LogP contribution in [0.4, 0.5) is 34.9 Å². The number of hydrogen-bond donors (Lipinski definition) is 3. The van der Waals surface area contributed by atoms with Crippen molar-refractivity contribution < 1.29 is 31.9 Å². The van der Waals surface area contributed by atoms with Crippen LogP contribution >= 0.6 is 0 Å². The molecule has 47 heavy (non-hydrogen) atoms. The number of anilines is 3. The lowest BCUT2D eigenvalue weighted by atomic mass is 10.1. The molecule has 5 rings (SSSR count). The molecule has 0 unspecified atom stereocenters. The Labute approximate surface area is 267 Å². The van der Waals surface area contributed by atoms with Gasteiger partial charge in [-0.05, 0) is 73.8 Å². The lowest BCUT2D eigenvalue weighted by molar-refractivity contribution is -0.153. The van der Waals surface area contributed by atoms with Crippen molar-refractivity contribution in [3.05, 3.63) is 102 Å². The Hall–Kier alpha value is -5.50. The minimum atomic E-state index is -4.59. The van der Waals surface area contributed by atoms with Crippen molar-refractivity contribution in [3.8, 4) is 16.9 Å². The van der Waals surface area contributed by atoms with Crippen molar-refractivity contribution in [3.63, 3.8) is 0 Å². The van der Waals surface area contributed by atoms with Crippen LogP contribution in [0.2, 0.25) is 0 Å². The van der Waals surface area contributed by atoms with E-state index in [0.29, 0.717) is 35.7 Å². The van der Waals surface area contributed by atoms with Crippen LogP contribution in [0.3, 0.4) is 0 Å². The monoisotopic (exact) mass is 649 g/mol. The van der Waals surface area contributed by atoms with E-state index >= 15 is 0 Å². The Morgan fingerprint density at radius 1 is 0.915 bits per heavy atom. The number of halogens is 4. The molecule has 10 nitrogen and oxygen atoms in total. The summed E-state index contributed by atoms with van der Waals surface area (Å²) in [5.74, 6) is -1.22. The number of carbonyl (C=O) groups excluding carboxylic acids is 2. The number of fused-ring (bicyclic) bond motifs is 1. The van der Waals surface area contributed by atoms with Gasteiger partial charge in [0, 0.05) is 42.3 Å². The predicted octanol–water partition coefficient (Wildman–Crippen LogP) is 5.69. The van der Waals surface area contributed by atoms with E-state index in [9.17, 15) is 27.2 Å². The SMILES string of the molecule is CN(C)CCNC(=O)c1ccc(Nc2nc3ccc(-c4ccc(NC(=O)Cc5ccc(F)cc5)cc4)cn3n2)cc1OCC(F)(F)F. The van der Waals surface area contributed by atoms with Gasteiger partial charge in [-0.25, -0.2) is 8.91 Å². The van der Waals surface area contributed by atoms with Crippen LogP contribution in [0.15, 0.2) is 85.1 Å². The Bertz CT molecular complexity index is 1860. The van der Waals surface area contributed by atoms with E-state index in [4.69, 9.17) is 4.74 Å². The number of hydrogen-bond acceptors (Lipinski definition) is 7. The third-order valence-corrected chi connectivity index (χ3v) is 6.83. The Morgan fingerprint density at radius 2 is 1.62 bits per heavy atom. The van der Waals surface area contributed by atoms with Crippen molar-refractivity contribution in [1.29, 1.82) is 0 Å². The van der Waals surface area contributed by atoms with Gasteiger partial charge in [0.2, 0.25) is 11.9 Å². The third-order valence-electron chi connectivity index (χ3n) is 6.83. The molecular formula is C33H31F4N7O3. The molecule has 5 aromatic rings. The van der Waals surface area contributed by atoms with Gasteiger partial charge in [0.1, 0.15) is 11.6 Å². The second-order valence-electron chi connectivity index (χ2n) is 10.9. The van der Waals surface area contributed by atoms with Gasteiger partial charge >= 0.3 is 6.18 Å². The van der Waals surface area contributed by atoms with Gasteiger partial charge < -0.3 is 25.6 Å². The predicted molar refractivity (Wildman–Crippen MR) is 169 cm³/mol. The van der Waals surface area contributed by atoms with Crippen molar-refractivity contribution in [2.45, 2.75) is 12.6 Å².